The van der Waals surface area contributed by atoms with Crippen molar-refractivity contribution >= 4 is 0 Å². The smallest absolute Gasteiger partial charge is 0.0731 e. The Labute approximate surface area is 100 Å². The number of hydrogen-bond acceptors (Lipinski definition) is 2. The summed E-state index contributed by atoms with van der Waals surface area (Å²) in [5, 5.41) is 3.52. The van der Waals surface area contributed by atoms with Crippen LogP contribution in [0.1, 0.15) is 46.0 Å². The van der Waals surface area contributed by atoms with E-state index in [1.165, 1.54) is 32.1 Å². The highest BCUT2D eigenvalue weighted by Gasteiger charge is 2.35. The van der Waals surface area contributed by atoms with Gasteiger partial charge in [-0.05, 0) is 50.5 Å². The summed E-state index contributed by atoms with van der Waals surface area (Å²) < 4.78 is 5.86. The molecule has 0 bridgehead atoms. The molecule has 0 aromatic carbocycles. The fraction of sp³-hybridized carbons (Fsp3) is 1.00. The quantitative estimate of drug-likeness (QED) is 0.797. The summed E-state index contributed by atoms with van der Waals surface area (Å²) >= 11 is 0. The highest BCUT2D eigenvalue weighted by atomic mass is 16.5. The molecule has 16 heavy (non-hydrogen) atoms. The first-order valence-electron chi connectivity index (χ1n) is 7.01. The highest BCUT2D eigenvalue weighted by Crippen LogP contribution is 2.37. The van der Waals surface area contributed by atoms with Crippen molar-refractivity contribution in [3.63, 3.8) is 0 Å². The van der Waals surface area contributed by atoms with Crippen LogP contribution in [0.4, 0.5) is 0 Å². The van der Waals surface area contributed by atoms with Crippen LogP contribution in [0.15, 0.2) is 0 Å². The topological polar surface area (TPSA) is 21.3 Å². The van der Waals surface area contributed by atoms with E-state index >= 15 is 0 Å². The van der Waals surface area contributed by atoms with Crippen molar-refractivity contribution in [3.05, 3.63) is 0 Å². The lowest BCUT2D eigenvalue weighted by atomic mass is 9.72. The van der Waals surface area contributed by atoms with Gasteiger partial charge < -0.3 is 10.1 Å². The van der Waals surface area contributed by atoms with Gasteiger partial charge in [-0.15, -0.1) is 0 Å². The first-order valence-corrected chi connectivity index (χ1v) is 7.01. The Morgan fingerprint density at radius 1 is 1.12 bits per heavy atom. The van der Waals surface area contributed by atoms with Gasteiger partial charge in [0.15, 0.2) is 0 Å². The van der Waals surface area contributed by atoms with Crippen molar-refractivity contribution in [2.45, 2.75) is 58.1 Å². The van der Waals surface area contributed by atoms with Gasteiger partial charge in [-0.25, -0.2) is 0 Å². The molecule has 1 N–H and O–H groups in total. The molecule has 0 amide bonds. The fourth-order valence-electron chi connectivity index (χ4n) is 3.53. The second kappa shape index (κ2) is 5.50. The molecule has 0 radical (unpaired) electrons. The zero-order valence-electron chi connectivity index (χ0n) is 11.0. The minimum atomic E-state index is 0.482. The van der Waals surface area contributed by atoms with E-state index in [9.17, 15) is 0 Å². The third-order valence-electron chi connectivity index (χ3n) is 4.85. The molecule has 2 nitrogen and oxygen atoms in total. The third-order valence-corrected chi connectivity index (χ3v) is 4.85. The molecule has 1 aliphatic carbocycles. The first kappa shape index (κ1) is 12.4. The number of rotatable bonds is 3. The molecule has 0 aromatic heterocycles. The average Bonchev–Trinajstić information content (AvgIpc) is 2.78. The lowest BCUT2D eigenvalue weighted by Gasteiger charge is -2.38. The molecular weight excluding hydrogens is 198 g/mol. The largest absolute Gasteiger partial charge is 0.377 e. The Morgan fingerprint density at radius 3 is 2.50 bits per heavy atom. The summed E-state index contributed by atoms with van der Waals surface area (Å²) in [4.78, 5) is 0. The molecule has 2 aliphatic rings. The van der Waals surface area contributed by atoms with Crippen molar-refractivity contribution < 1.29 is 4.74 Å². The van der Waals surface area contributed by atoms with Crippen LogP contribution in [0.25, 0.3) is 0 Å². The van der Waals surface area contributed by atoms with Gasteiger partial charge in [-0.1, -0.05) is 20.3 Å². The maximum Gasteiger partial charge on any atom is 0.0731 e. The summed E-state index contributed by atoms with van der Waals surface area (Å²) in [6.45, 7) is 5.79. The van der Waals surface area contributed by atoms with Gasteiger partial charge >= 0.3 is 0 Å². The number of nitrogens with one attached hydrogen (secondary N) is 1. The molecule has 94 valence electrons. The molecule has 0 aromatic rings. The predicted molar refractivity (Wildman–Crippen MR) is 67.5 cm³/mol. The van der Waals surface area contributed by atoms with E-state index in [1.807, 2.05) is 0 Å². The molecule has 1 aliphatic heterocycles. The van der Waals surface area contributed by atoms with Crippen LogP contribution >= 0.6 is 0 Å². The van der Waals surface area contributed by atoms with E-state index in [0.717, 1.165) is 24.4 Å². The molecule has 0 spiro atoms. The minimum absolute atomic E-state index is 0.482. The summed E-state index contributed by atoms with van der Waals surface area (Å²) in [5.74, 6) is 2.63. The Kier molecular flexibility index (Phi) is 4.26. The first-order chi connectivity index (χ1) is 7.72. The van der Waals surface area contributed by atoms with Gasteiger partial charge in [0.25, 0.3) is 0 Å². The van der Waals surface area contributed by atoms with E-state index in [2.05, 4.69) is 26.2 Å². The van der Waals surface area contributed by atoms with Gasteiger partial charge in [0.2, 0.25) is 0 Å². The van der Waals surface area contributed by atoms with E-state index in [-0.39, 0.29) is 0 Å². The summed E-state index contributed by atoms with van der Waals surface area (Å²) in [6.07, 6.45) is 7.16. The van der Waals surface area contributed by atoms with Crippen LogP contribution in [0.5, 0.6) is 0 Å². The van der Waals surface area contributed by atoms with E-state index < -0.39 is 0 Å². The minimum Gasteiger partial charge on any atom is -0.377 e. The van der Waals surface area contributed by atoms with Gasteiger partial charge in [0.05, 0.1) is 6.10 Å². The van der Waals surface area contributed by atoms with E-state index in [1.54, 1.807) is 0 Å². The Balaban J connectivity index is 1.93. The summed E-state index contributed by atoms with van der Waals surface area (Å²) in [5.41, 5.74) is 0. The Bertz CT molecular complexity index is 213. The monoisotopic (exact) mass is 225 g/mol. The molecule has 2 heteroatoms. The number of ether oxygens (including phenoxy) is 1. The SMILES string of the molecule is CNC(C1CCC(C)C(C)C1)C1CCCO1. The van der Waals surface area contributed by atoms with Gasteiger partial charge in [-0.2, -0.15) is 0 Å². The number of hydrogen-bond donors (Lipinski definition) is 1. The second-order valence-corrected chi connectivity index (χ2v) is 5.89. The maximum atomic E-state index is 5.86. The van der Waals surface area contributed by atoms with Crippen LogP contribution in [0, 0.1) is 17.8 Å². The van der Waals surface area contributed by atoms with Crippen molar-refractivity contribution in [1.29, 1.82) is 0 Å². The Morgan fingerprint density at radius 2 is 1.94 bits per heavy atom. The molecule has 2 rings (SSSR count). The molecule has 5 unspecified atom stereocenters. The summed E-state index contributed by atoms with van der Waals surface area (Å²) in [6, 6.07) is 0.595. The van der Waals surface area contributed by atoms with Crippen molar-refractivity contribution in [3.8, 4) is 0 Å². The maximum absolute atomic E-state index is 5.86. The highest BCUT2D eigenvalue weighted by molar-refractivity contribution is 4.89. The average molecular weight is 225 g/mol. The molecule has 1 saturated heterocycles. The zero-order valence-corrected chi connectivity index (χ0v) is 11.0. The lowest BCUT2D eigenvalue weighted by molar-refractivity contribution is 0.0412. The van der Waals surface area contributed by atoms with E-state index in [0.29, 0.717) is 12.1 Å². The molecule has 2 fully saturated rings. The van der Waals surface area contributed by atoms with Crippen LogP contribution < -0.4 is 5.32 Å². The van der Waals surface area contributed by atoms with Crippen molar-refractivity contribution in [2.75, 3.05) is 13.7 Å². The predicted octanol–water partition coefficient (Wildman–Crippen LogP) is 2.83. The third kappa shape index (κ3) is 2.60. The zero-order chi connectivity index (χ0) is 11.5. The molecule has 1 heterocycles. The lowest BCUT2D eigenvalue weighted by Crippen LogP contribution is -2.45. The fourth-order valence-corrected chi connectivity index (χ4v) is 3.53. The van der Waals surface area contributed by atoms with Gasteiger partial charge in [-0.3, -0.25) is 0 Å². The van der Waals surface area contributed by atoms with Gasteiger partial charge in [0, 0.05) is 12.6 Å². The normalized spacial score (nSPS) is 42.2. The molecule has 5 atom stereocenters. The van der Waals surface area contributed by atoms with E-state index in [4.69, 9.17) is 4.74 Å². The van der Waals surface area contributed by atoms with Crippen molar-refractivity contribution in [2.24, 2.45) is 17.8 Å². The Hall–Kier alpha value is -0.0800. The second-order valence-electron chi connectivity index (χ2n) is 5.89. The standard InChI is InChI=1S/C14H27NO/c1-10-6-7-12(9-11(10)2)14(15-3)13-5-4-8-16-13/h10-15H,4-9H2,1-3H3. The number of likely N-dealkylation sites (N-methyl/N-ethyl adjacent to an activating group) is 1. The molecule has 1 saturated carbocycles. The van der Waals surface area contributed by atoms with Crippen molar-refractivity contribution in [1.82, 2.24) is 5.32 Å². The summed E-state index contributed by atoms with van der Waals surface area (Å²) in [7, 11) is 2.11. The molecular formula is C14H27NO. The van der Waals surface area contributed by atoms with Crippen LogP contribution in [-0.2, 0) is 4.74 Å². The van der Waals surface area contributed by atoms with Gasteiger partial charge in [0.1, 0.15) is 0 Å². The van der Waals surface area contributed by atoms with Crippen LogP contribution in [0.3, 0.4) is 0 Å². The van der Waals surface area contributed by atoms with Crippen LogP contribution in [-0.4, -0.2) is 25.8 Å². The van der Waals surface area contributed by atoms with Crippen LogP contribution in [0.2, 0.25) is 0 Å².